The molecule has 1 N–H and O–H groups in total. The highest BCUT2D eigenvalue weighted by molar-refractivity contribution is 4.76. The van der Waals surface area contributed by atoms with E-state index in [4.69, 9.17) is 0 Å². The first-order valence-corrected chi connectivity index (χ1v) is 6.89. The van der Waals surface area contributed by atoms with Crippen LogP contribution in [-0.4, -0.2) is 13.1 Å². The van der Waals surface area contributed by atoms with E-state index >= 15 is 0 Å². The molecule has 1 heteroatoms. The van der Waals surface area contributed by atoms with Crippen molar-refractivity contribution in [2.45, 2.75) is 73.6 Å². The summed E-state index contributed by atoms with van der Waals surface area (Å²) in [6.07, 6.45) is 6.74. The van der Waals surface area contributed by atoms with Gasteiger partial charge in [-0.1, -0.05) is 54.4 Å². The zero-order valence-electron chi connectivity index (χ0n) is 11.9. The maximum Gasteiger partial charge on any atom is -0.00437 e. The van der Waals surface area contributed by atoms with Crippen molar-refractivity contribution in [1.29, 1.82) is 0 Å². The quantitative estimate of drug-likeness (QED) is 0.673. The normalized spacial score (nSPS) is 25.2. The molecule has 0 aromatic carbocycles. The highest BCUT2D eigenvalue weighted by Gasteiger charge is 2.22. The lowest BCUT2D eigenvalue weighted by Crippen LogP contribution is -2.18. The Balaban J connectivity index is 0. The van der Waals surface area contributed by atoms with Crippen molar-refractivity contribution in [2.75, 3.05) is 13.1 Å². The van der Waals surface area contributed by atoms with Gasteiger partial charge < -0.3 is 5.32 Å². The maximum absolute atomic E-state index is 3.44. The van der Waals surface area contributed by atoms with Crippen molar-refractivity contribution in [3.63, 3.8) is 0 Å². The van der Waals surface area contributed by atoms with Crippen LogP contribution in [0.15, 0.2) is 0 Å². The van der Waals surface area contributed by atoms with Crippen LogP contribution in [0.5, 0.6) is 0 Å². The lowest BCUT2D eigenvalue weighted by molar-refractivity contribution is 0.274. The van der Waals surface area contributed by atoms with E-state index in [1.165, 1.54) is 45.2 Å². The van der Waals surface area contributed by atoms with Crippen molar-refractivity contribution in [3.8, 4) is 0 Å². The maximum atomic E-state index is 3.44. The summed E-state index contributed by atoms with van der Waals surface area (Å²) in [4.78, 5) is 0. The highest BCUT2D eigenvalue weighted by Crippen LogP contribution is 2.31. The van der Waals surface area contributed by atoms with Crippen LogP contribution in [-0.2, 0) is 0 Å². The minimum Gasteiger partial charge on any atom is -0.317 e. The number of rotatable bonds is 1. The first kappa shape index (κ1) is 17.4. The molecule has 1 rings (SSSR count). The molecule has 1 aliphatic rings. The Morgan fingerprint density at radius 2 is 1.53 bits per heavy atom. The van der Waals surface area contributed by atoms with E-state index in [0.29, 0.717) is 5.41 Å². The van der Waals surface area contributed by atoms with Gasteiger partial charge in [-0.25, -0.2) is 0 Å². The molecule has 1 unspecified atom stereocenters. The molecule has 0 bridgehead atoms. The number of hydrogen-bond acceptors (Lipinski definition) is 1. The molecule has 0 aromatic heterocycles. The topological polar surface area (TPSA) is 12.0 Å². The van der Waals surface area contributed by atoms with Crippen LogP contribution < -0.4 is 5.32 Å². The second-order valence-corrected chi connectivity index (χ2v) is 4.47. The molecule has 0 aromatic rings. The lowest BCUT2D eigenvalue weighted by Gasteiger charge is -2.25. The Labute approximate surface area is 98.0 Å². The highest BCUT2D eigenvalue weighted by atomic mass is 14.9. The Bertz CT molecular complexity index is 102. The van der Waals surface area contributed by atoms with E-state index in [0.717, 1.165) is 0 Å². The second kappa shape index (κ2) is 12.0. The predicted molar refractivity (Wildman–Crippen MR) is 72.4 cm³/mol. The summed E-state index contributed by atoms with van der Waals surface area (Å²) in [5.41, 5.74) is 0.642. The Kier molecular flexibility index (Phi) is 13.9. The van der Waals surface area contributed by atoms with E-state index < -0.39 is 0 Å². The molecule has 0 aliphatic carbocycles. The van der Waals surface area contributed by atoms with E-state index in [1.807, 2.05) is 13.8 Å². The molecule has 0 spiro atoms. The summed E-state index contributed by atoms with van der Waals surface area (Å²) in [6.45, 7) is 15.4. The molecule has 0 radical (unpaired) electrons. The van der Waals surface area contributed by atoms with Crippen LogP contribution in [0.25, 0.3) is 0 Å². The van der Waals surface area contributed by atoms with Gasteiger partial charge in [0.15, 0.2) is 0 Å². The Morgan fingerprint density at radius 3 is 2.00 bits per heavy atom. The van der Waals surface area contributed by atoms with Gasteiger partial charge in [0.25, 0.3) is 0 Å². The molecule has 1 saturated heterocycles. The summed E-state index contributed by atoms with van der Waals surface area (Å²) in [5, 5.41) is 3.44. The summed E-state index contributed by atoms with van der Waals surface area (Å²) in [6, 6.07) is 0. The third kappa shape index (κ3) is 10.2. The third-order valence-electron chi connectivity index (χ3n) is 2.89. The molecule has 0 amide bonds. The number of hydrogen-bond donors (Lipinski definition) is 1. The largest absolute Gasteiger partial charge is 0.317 e. The summed E-state index contributed by atoms with van der Waals surface area (Å²) < 4.78 is 0. The predicted octanol–water partition coefficient (Wildman–Crippen LogP) is 4.62. The minimum absolute atomic E-state index is 0.642. The lowest BCUT2D eigenvalue weighted by atomic mass is 9.81. The Hall–Kier alpha value is -0.0400. The van der Waals surface area contributed by atoms with Gasteiger partial charge in [0.2, 0.25) is 0 Å². The van der Waals surface area contributed by atoms with E-state index in [-0.39, 0.29) is 0 Å². The molecular formula is C14H33N. The summed E-state index contributed by atoms with van der Waals surface area (Å²) in [7, 11) is 0. The van der Waals surface area contributed by atoms with Gasteiger partial charge in [-0.15, -0.1) is 0 Å². The first-order chi connectivity index (χ1) is 7.18. The average Bonchev–Trinajstić information content (AvgIpc) is 2.48. The molecule has 1 fully saturated rings. The van der Waals surface area contributed by atoms with Crippen molar-refractivity contribution in [3.05, 3.63) is 0 Å². The van der Waals surface area contributed by atoms with Crippen molar-refractivity contribution in [1.82, 2.24) is 5.32 Å². The average molecular weight is 215 g/mol. The van der Waals surface area contributed by atoms with Crippen LogP contribution >= 0.6 is 0 Å². The summed E-state index contributed by atoms with van der Waals surface area (Å²) in [5.74, 6) is 0. The fourth-order valence-electron chi connectivity index (χ4n) is 1.63. The molecular weight excluding hydrogens is 182 g/mol. The van der Waals surface area contributed by atoms with Gasteiger partial charge >= 0.3 is 0 Å². The van der Waals surface area contributed by atoms with Gasteiger partial charge in [0, 0.05) is 0 Å². The molecule has 1 aliphatic heterocycles. The van der Waals surface area contributed by atoms with Gasteiger partial charge in [-0.3, -0.25) is 0 Å². The molecule has 0 saturated carbocycles. The zero-order chi connectivity index (χ0) is 12.2. The van der Waals surface area contributed by atoms with Crippen LogP contribution in [0.2, 0.25) is 0 Å². The van der Waals surface area contributed by atoms with Crippen LogP contribution in [0.3, 0.4) is 0 Å². The smallest absolute Gasteiger partial charge is 0.00437 e. The van der Waals surface area contributed by atoms with Gasteiger partial charge in [0.1, 0.15) is 0 Å². The molecule has 1 nitrogen and oxygen atoms in total. The first-order valence-electron chi connectivity index (χ1n) is 6.89. The van der Waals surface area contributed by atoms with Crippen LogP contribution in [0.1, 0.15) is 73.6 Å². The second-order valence-electron chi connectivity index (χ2n) is 4.47. The minimum atomic E-state index is 0.642. The molecule has 1 atom stereocenters. The zero-order valence-corrected chi connectivity index (χ0v) is 11.9. The Morgan fingerprint density at radius 1 is 1.00 bits per heavy atom. The molecule has 94 valence electrons. The summed E-state index contributed by atoms with van der Waals surface area (Å²) >= 11 is 0. The third-order valence-corrected chi connectivity index (χ3v) is 2.89. The van der Waals surface area contributed by atoms with Crippen molar-refractivity contribution in [2.24, 2.45) is 5.41 Å². The molecule has 15 heavy (non-hydrogen) atoms. The van der Waals surface area contributed by atoms with Gasteiger partial charge in [-0.05, 0) is 37.8 Å². The van der Waals surface area contributed by atoms with E-state index in [1.54, 1.807) is 0 Å². The fraction of sp³-hybridized carbons (Fsp3) is 1.00. The van der Waals surface area contributed by atoms with Gasteiger partial charge in [-0.2, -0.15) is 0 Å². The van der Waals surface area contributed by atoms with E-state index in [2.05, 4.69) is 33.0 Å². The fourth-order valence-corrected chi connectivity index (χ4v) is 1.63. The standard InChI is InChI=1S/C9H19N.C3H8.C2H6/c1-3-9(2)5-4-7-10-8-6-9;1-3-2;1-2/h10H,3-8H2,1-2H3;3H2,1-2H3;1-2H3. The molecule has 1 heterocycles. The van der Waals surface area contributed by atoms with Gasteiger partial charge in [0.05, 0.1) is 0 Å². The SMILES string of the molecule is CC.CCC.CCC1(C)CCCNCC1. The van der Waals surface area contributed by atoms with Crippen LogP contribution in [0, 0.1) is 5.41 Å². The van der Waals surface area contributed by atoms with E-state index in [9.17, 15) is 0 Å². The number of nitrogens with one attached hydrogen (secondary N) is 1. The monoisotopic (exact) mass is 215 g/mol. The van der Waals surface area contributed by atoms with Crippen LogP contribution in [0.4, 0.5) is 0 Å². The van der Waals surface area contributed by atoms with Crippen molar-refractivity contribution >= 4 is 0 Å². The van der Waals surface area contributed by atoms with Crippen molar-refractivity contribution < 1.29 is 0 Å².